The van der Waals surface area contributed by atoms with Crippen LogP contribution in [0.1, 0.15) is 19.3 Å². The molecule has 1 heterocycles. The van der Waals surface area contributed by atoms with Crippen LogP contribution in [0, 0.1) is 5.92 Å². The molecule has 96 valence electrons. The molecule has 4 nitrogen and oxygen atoms in total. The molecule has 0 unspecified atom stereocenters. The summed E-state index contributed by atoms with van der Waals surface area (Å²) >= 11 is 0. The molecule has 0 radical (unpaired) electrons. The van der Waals surface area contributed by atoms with Crippen molar-refractivity contribution in [3.8, 4) is 0 Å². The third kappa shape index (κ3) is 5.80. The van der Waals surface area contributed by atoms with Crippen LogP contribution in [0.5, 0.6) is 0 Å². The molecule has 1 aliphatic heterocycles. The monoisotopic (exact) mass is 230 g/mol. The van der Waals surface area contributed by atoms with Crippen LogP contribution in [-0.4, -0.2) is 58.0 Å². The second kappa shape index (κ2) is 8.93. The maximum absolute atomic E-state index is 5.56. The van der Waals surface area contributed by atoms with Crippen LogP contribution in [0.3, 0.4) is 0 Å². The minimum atomic E-state index is 0.775. The van der Waals surface area contributed by atoms with E-state index >= 15 is 0 Å². The van der Waals surface area contributed by atoms with Gasteiger partial charge in [0.25, 0.3) is 0 Å². The summed E-state index contributed by atoms with van der Waals surface area (Å²) in [6.07, 6.45) is 3.48. The van der Waals surface area contributed by atoms with Crippen molar-refractivity contribution in [3.63, 3.8) is 0 Å². The fraction of sp³-hybridized carbons (Fsp3) is 1.00. The number of nitrogens with two attached hydrogens (primary N) is 1. The molecule has 0 amide bonds. The molecule has 2 N–H and O–H groups in total. The molecule has 1 fully saturated rings. The van der Waals surface area contributed by atoms with Gasteiger partial charge in [-0.05, 0) is 38.3 Å². The highest BCUT2D eigenvalue weighted by Gasteiger charge is 2.17. The van der Waals surface area contributed by atoms with Gasteiger partial charge in [0.15, 0.2) is 0 Å². The van der Waals surface area contributed by atoms with Crippen molar-refractivity contribution in [2.75, 3.05) is 53.1 Å². The molecule has 4 heteroatoms. The van der Waals surface area contributed by atoms with Crippen molar-refractivity contribution >= 4 is 0 Å². The van der Waals surface area contributed by atoms with E-state index in [1.807, 2.05) is 0 Å². The van der Waals surface area contributed by atoms with Gasteiger partial charge < -0.3 is 20.1 Å². The van der Waals surface area contributed by atoms with Crippen molar-refractivity contribution in [2.24, 2.45) is 11.7 Å². The summed E-state index contributed by atoms with van der Waals surface area (Å²) in [6.45, 7) is 6.74. The molecule has 0 bridgehead atoms. The third-order valence-electron chi connectivity index (χ3n) is 3.15. The Balaban J connectivity index is 2.23. The molecule has 0 aromatic heterocycles. The molecule has 0 aromatic carbocycles. The lowest BCUT2D eigenvalue weighted by Gasteiger charge is -2.29. The highest BCUT2D eigenvalue weighted by atomic mass is 16.5. The van der Waals surface area contributed by atoms with Gasteiger partial charge in [0.1, 0.15) is 0 Å². The Labute approximate surface area is 99.1 Å². The van der Waals surface area contributed by atoms with Crippen LogP contribution < -0.4 is 5.73 Å². The van der Waals surface area contributed by atoms with Crippen LogP contribution >= 0.6 is 0 Å². The lowest BCUT2D eigenvalue weighted by Crippen LogP contribution is -2.36. The Bertz CT molecular complexity index is 153. The van der Waals surface area contributed by atoms with Gasteiger partial charge in [0.2, 0.25) is 0 Å². The van der Waals surface area contributed by atoms with Gasteiger partial charge in [0.05, 0.1) is 6.61 Å². The number of rotatable bonds is 8. The maximum atomic E-state index is 5.56. The first-order valence-corrected chi connectivity index (χ1v) is 6.36. The van der Waals surface area contributed by atoms with E-state index in [0.717, 1.165) is 51.8 Å². The van der Waals surface area contributed by atoms with E-state index in [9.17, 15) is 0 Å². The lowest BCUT2D eigenvalue weighted by atomic mass is 9.99. The van der Waals surface area contributed by atoms with Gasteiger partial charge >= 0.3 is 0 Å². The first kappa shape index (κ1) is 13.9. The van der Waals surface area contributed by atoms with Crippen LogP contribution in [0.2, 0.25) is 0 Å². The topological polar surface area (TPSA) is 47.7 Å². The van der Waals surface area contributed by atoms with Crippen LogP contribution in [-0.2, 0) is 9.47 Å². The Morgan fingerprint density at radius 2 is 2.06 bits per heavy atom. The van der Waals surface area contributed by atoms with E-state index in [0.29, 0.717) is 0 Å². The van der Waals surface area contributed by atoms with E-state index in [-0.39, 0.29) is 0 Å². The zero-order valence-corrected chi connectivity index (χ0v) is 10.5. The molecular formula is C12H26N2O2. The third-order valence-corrected chi connectivity index (χ3v) is 3.15. The second-order valence-corrected chi connectivity index (χ2v) is 4.49. The van der Waals surface area contributed by atoms with Gasteiger partial charge in [-0.25, -0.2) is 0 Å². The highest BCUT2D eigenvalue weighted by molar-refractivity contribution is 4.69. The second-order valence-electron chi connectivity index (χ2n) is 4.49. The SMILES string of the molecule is COCCN(CCCN)CC1CCOCC1. The minimum absolute atomic E-state index is 0.775. The first-order chi connectivity index (χ1) is 7.86. The quantitative estimate of drug-likeness (QED) is 0.667. The largest absolute Gasteiger partial charge is 0.383 e. The van der Waals surface area contributed by atoms with E-state index in [1.165, 1.54) is 19.4 Å². The van der Waals surface area contributed by atoms with Crippen molar-refractivity contribution in [1.82, 2.24) is 4.90 Å². The summed E-state index contributed by atoms with van der Waals surface area (Å²) in [5, 5.41) is 0. The van der Waals surface area contributed by atoms with Gasteiger partial charge in [-0.15, -0.1) is 0 Å². The number of hydrogen-bond donors (Lipinski definition) is 1. The molecule has 1 aliphatic rings. The van der Waals surface area contributed by atoms with Gasteiger partial charge in [0, 0.05) is 33.4 Å². The minimum Gasteiger partial charge on any atom is -0.383 e. The molecule has 0 spiro atoms. The average molecular weight is 230 g/mol. The molecular weight excluding hydrogens is 204 g/mol. The molecule has 1 rings (SSSR count). The standard InChI is InChI=1S/C12H26N2O2/c1-15-10-7-14(6-2-5-13)11-12-3-8-16-9-4-12/h12H,2-11,13H2,1H3. The van der Waals surface area contributed by atoms with Crippen molar-refractivity contribution < 1.29 is 9.47 Å². The Kier molecular flexibility index (Phi) is 7.76. The fourth-order valence-electron chi connectivity index (χ4n) is 2.12. The molecule has 0 aromatic rings. The fourth-order valence-corrected chi connectivity index (χ4v) is 2.12. The predicted molar refractivity (Wildman–Crippen MR) is 65.5 cm³/mol. The maximum Gasteiger partial charge on any atom is 0.0589 e. The van der Waals surface area contributed by atoms with Crippen LogP contribution in [0.4, 0.5) is 0 Å². The summed E-state index contributed by atoms with van der Waals surface area (Å²) in [7, 11) is 1.76. The van der Waals surface area contributed by atoms with Crippen molar-refractivity contribution in [1.29, 1.82) is 0 Å². The summed E-state index contributed by atoms with van der Waals surface area (Å²) in [6, 6.07) is 0. The molecule has 0 saturated carbocycles. The number of nitrogens with zero attached hydrogens (tertiary/aromatic N) is 1. The summed E-state index contributed by atoms with van der Waals surface area (Å²) < 4.78 is 10.5. The molecule has 1 saturated heterocycles. The predicted octanol–water partition coefficient (Wildman–Crippen LogP) is 0.710. The molecule has 0 aliphatic carbocycles. The Morgan fingerprint density at radius 1 is 1.31 bits per heavy atom. The lowest BCUT2D eigenvalue weighted by molar-refractivity contribution is 0.0479. The van der Waals surface area contributed by atoms with Gasteiger partial charge in [-0.3, -0.25) is 0 Å². The van der Waals surface area contributed by atoms with Crippen LogP contribution in [0.25, 0.3) is 0 Å². The highest BCUT2D eigenvalue weighted by Crippen LogP contribution is 2.16. The van der Waals surface area contributed by atoms with E-state index in [4.69, 9.17) is 15.2 Å². The smallest absolute Gasteiger partial charge is 0.0589 e. The normalized spacial score (nSPS) is 18.2. The summed E-state index contributed by atoms with van der Waals surface area (Å²) in [4.78, 5) is 2.48. The van der Waals surface area contributed by atoms with Crippen LogP contribution in [0.15, 0.2) is 0 Å². The van der Waals surface area contributed by atoms with Crippen molar-refractivity contribution in [3.05, 3.63) is 0 Å². The molecule has 16 heavy (non-hydrogen) atoms. The summed E-state index contributed by atoms with van der Waals surface area (Å²) in [5.74, 6) is 0.795. The molecule has 0 atom stereocenters. The average Bonchev–Trinajstić information content (AvgIpc) is 2.34. The summed E-state index contributed by atoms with van der Waals surface area (Å²) in [5.41, 5.74) is 5.56. The number of hydrogen-bond acceptors (Lipinski definition) is 4. The van der Waals surface area contributed by atoms with Gasteiger partial charge in [-0.1, -0.05) is 0 Å². The van der Waals surface area contributed by atoms with Gasteiger partial charge in [-0.2, -0.15) is 0 Å². The van der Waals surface area contributed by atoms with E-state index < -0.39 is 0 Å². The Hall–Kier alpha value is -0.160. The number of methoxy groups -OCH3 is 1. The van der Waals surface area contributed by atoms with E-state index in [1.54, 1.807) is 7.11 Å². The Morgan fingerprint density at radius 3 is 2.69 bits per heavy atom. The zero-order chi connectivity index (χ0) is 11.6. The number of ether oxygens (including phenoxy) is 2. The van der Waals surface area contributed by atoms with Crippen molar-refractivity contribution in [2.45, 2.75) is 19.3 Å². The zero-order valence-electron chi connectivity index (χ0n) is 10.5. The van der Waals surface area contributed by atoms with E-state index in [2.05, 4.69) is 4.90 Å². The first-order valence-electron chi connectivity index (χ1n) is 6.36.